The molecule has 3 heteroatoms. The Kier molecular flexibility index (Phi) is 4.00. The van der Waals surface area contributed by atoms with Crippen LogP contribution in [0.15, 0.2) is 42.5 Å². The summed E-state index contributed by atoms with van der Waals surface area (Å²) in [6.07, 6.45) is 2.62. The van der Waals surface area contributed by atoms with Crippen LogP contribution in [0.2, 0.25) is 5.02 Å². The van der Waals surface area contributed by atoms with Crippen LogP contribution in [-0.4, -0.2) is 0 Å². The van der Waals surface area contributed by atoms with Gasteiger partial charge in [-0.05, 0) is 47.9 Å². The van der Waals surface area contributed by atoms with E-state index >= 15 is 0 Å². The van der Waals surface area contributed by atoms with Crippen molar-refractivity contribution in [3.63, 3.8) is 0 Å². The van der Waals surface area contributed by atoms with Gasteiger partial charge >= 0.3 is 0 Å². The van der Waals surface area contributed by atoms with E-state index in [0.717, 1.165) is 12.8 Å². The van der Waals surface area contributed by atoms with Gasteiger partial charge < -0.3 is 0 Å². The average molecular weight is 309 g/mol. The van der Waals surface area contributed by atoms with E-state index in [-0.39, 0.29) is 22.1 Å². The lowest BCUT2D eigenvalue weighted by Crippen LogP contribution is -2.19. The van der Waals surface area contributed by atoms with Crippen LogP contribution in [0.25, 0.3) is 0 Å². The summed E-state index contributed by atoms with van der Waals surface area (Å²) in [7, 11) is 0. The first-order valence-corrected chi connectivity index (χ1v) is 7.63. The van der Waals surface area contributed by atoms with Crippen molar-refractivity contribution in [1.29, 1.82) is 0 Å². The monoisotopic (exact) mass is 308 g/mol. The summed E-state index contributed by atoms with van der Waals surface area (Å²) in [6, 6.07) is 13.4. The Morgan fingerprint density at radius 1 is 1.10 bits per heavy atom. The van der Waals surface area contributed by atoms with Crippen molar-refractivity contribution >= 4 is 23.2 Å². The lowest BCUT2D eigenvalue weighted by molar-refractivity contribution is 0.433. The molecule has 0 aromatic heterocycles. The number of benzene rings is 2. The maximum absolute atomic E-state index is 14.0. The van der Waals surface area contributed by atoms with Crippen LogP contribution in [0.4, 0.5) is 4.39 Å². The third-order valence-electron chi connectivity index (χ3n) is 4.06. The van der Waals surface area contributed by atoms with Crippen molar-refractivity contribution in [2.75, 3.05) is 0 Å². The molecule has 0 amide bonds. The molecule has 0 fully saturated rings. The highest BCUT2D eigenvalue weighted by Gasteiger charge is 2.28. The van der Waals surface area contributed by atoms with Gasteiger partial charge in [0, 0.05) is 0 Å². The molecule has 2 unspecified atom stereocenters. The Morgan fingerprint density at radius 2 is 1.90 bits per heavy atom. The van der Waals surface area contributed by atoms with E-state index in [1.165, 1.54) is 11.1 Å². The molecule has 0 nitrogen and oxygen atoms in total. The van der Waals surface area contributed by atoms with E-state index in [0.29, 0.717) is 12.0 Å². The second kappa shape index (κ2) is 5.75. The van der Waals surface area contributed by atoms with Crippen LogP contribution >= 0.6 is 23.2 Å². The van der Waals surface area contributed by atoms with Gasteiger partial charge in [-0.3, -0.25) is 0 Å². The Labute approximate surface area is 128 Å². The van der Waals surface area contributed by atoms with Crippen LogP contribution in [0.3, 0.4) is 0 Å². The smallest absolute Gasteiger partial charge is 0.144 e. The molecule has 0 heterocycles. The fourth-order valence-corrected chi connectivity index (χ4v) is 3.59. The summed E-state index contributed by atoms with van der Waals surface area (Å²) in [4.78, 5) is 0. The molecule has 1 aliphatic rings. The molecule has 2 atom stereocenters. The molecule has 104 valence electrons. The van der Waals surface area contributed by atoms with Gasteiger partial charge in [0.1, 0.15) is 5.82 Å². The molecule has 1 aliphatic carbocycles. The highest BCUT2D eigenvalue weighted by atomic mass is 35.5. The van der Waals surface area contributed by atoms with Gasteiger partial charge in [0.15, 0.2) is 0 Å². The summed E-state index contributed by atoms with van der Waals surface area (Å²) < 4.78 is 14.0. The lowest BCUT2D eigenvalue weighted by Gasteiger charge is -2.29. The zero-order valence-corrected chi connectivity index (χ0v) is 12.5. The van der Waals surface area contributed by atoms with Crippen molar-refractivity contribution < 1.29 is 4.39 Å². The summed E-state index contributed by atoms with van der Waals surface area (Å²) in [6.45, 7) is 0. The van der Waals surface area contributed by atoms with Crippen molar-refractivity contribution in [1.82, 2.24) is 0 Å². The largest absolute Gasteiger partial charge is 0.205 e. The van der Waals surface area contributed by atoms with Crippen molar-refractivity contribution in [2.45, 2.75) is 24.6 Å². The van der Waals surface area contributed by atoms with E-state index < -0.39 is 0 Å². The first kappa shape index (κ1) is 13.9. The van der Waals surface area contributed by atoms with E-state index in [1.807, 2.05) is 12.1 Å². The van der Waals surface area contributed by atoms with Crippen LogP contribution in [0, 0.1) is 11.7 Å². The Balaban J connectivity index is 1.85. The van der Waals surface area contributed by atoms with E-state index in [1.54, 1.807) is 18.2 Å². The summed E-state index contributed by atoms with van der Waals surface area (Å²) in [5, 5.41) is 0.128. The van der Waals surface area contributed by atoms with Gasteiger partial charge in [-0.25, -0.2) is 4.39 Å². The van der Waals surface area contributed by atoms with E-state index in [4.69, 9.17) is 23.2 Å². The van der Waals surface area contributed by atoms with Crippen LogP contribution in [0.5, 0.6) is 0 Å². The molecular weight excluding hydrogens is 294 g/mol. The van der Waals surface area contributed by atoms with Gasteiger partial charge in [-0.1, -0.05) is 48.0 Å². The molecule has 0 spiro atoms. The summed E-state index contributed by atoms with van der Waals surface area (Å²) in [5.41, 5.74) is 3.16. The molecule has 20 heavy (non-hydrogen) atoms. The predicted molar refractivity (Wildman–Crippen MR) is 82.0 cm³/mol. The summed E-state index contributed by atoms with van der Waals surface area (Å²) >= 11 is 12.4. The Bertz CT molecular complexity index is 624. The minimum absolute atomic E-state index is 0.0571. The number of hydrogen-bond acceptors (Lipinski definition) is 0. The fraction of sp³-hybridized carbons (Fsp3) is 0.294. The zero-order chi connectivity index (χ0) is 14.1. The van der Waals surface area contributed by atoms with Crippen LogP contribution in [-0.2, 0) is 12.8 Å². The highest BCUT2D eigenvalue weighted by molar-refractivity contribution is 6.30. The highest BCUT2D eigenvalue weighted by Crippen LogP contribution is 2.41. The molecule has 0 saturated heterocycles. The maximum atomic E-state index is 14.0. The van der Waals surface area contributed by atoms with Gasteiger partial charge in [-0.2, -0.15) is 0 Å². The van der Waals surface area contributed by atoms with Gasteiger partial charge in [0.2, 0.25) is 0 Å². The third kappa shape index (κ3) is 2.57. The second-order valence-corrected chi connectivity index (χ2v) is 6.19. The van der Waals surface area contributed by atoms with Crippen molar-refractivity contribution in [3.8, 4) is 0 Å². The number of hydrogen-bond donors (Lipinski definition) is 0. The van der Waals surface area contributed by atoms with E-state index in [2.05, 4.69) is 12.1 Å². The minimum atomic E-state index is -0.308. The molecular formula is C17H15Cl2F. The molecule has 2 aromatic carbocycles. The molecule has 2 aromatic rings. The van der Waals surface area contributed by atoms with Crippen molar-refractivity contribution in [2.24, 2.45) is 5.92 Å². The first-order chi connectivity index (χ1) is 9.66. The molecule has 0 saturated carbocycles. The average Bonchev–Trinajstić information content (AvgIpc) is 2.47. The summed E-state index contributed by atoms with van der Waals surface area (Å²) in [5.74, 6) is -0.0589. The number of alkyl halides is 1. The normalized spacial score (nSPS) is 21.6. The number of rotatable bonds is 2. The molecule has 0 aliphatic heterocycles. The van der Waals surface area contributed by atoms with Gasteiger partial charge in [-0.15, -0.1) is 11.6 Å². The standard InChI is InChI=1S/C17H15Cl2F/c18-15-7-3-5-13(17(15)20)10-12-9-8-11-4-1-2-6-14(11)16(12)19/h1-7,12,16H,8-10H2. The molecule has 0 bridgehead atoms. The minimum Gasteiger partial charge on any atom is -0.205 e. The topological polar surface area (TPSA) is 0 Å². The predicted octanol–water partition coefficient (Wildman–Crippen LogP) is 5.56. The van der Waals surface area contributed by atoms with Crippen molar-refractivity contribution in [3.05, 3.63) is 70.0 Å². The van der Waals surface area contributed by atoms with E-state index in [9.17, 15) is 4.39 Å². The molecule has 3 rings (SSSR count). The number of fused-ring (bicyclic) bond motifs is 1. The van der Waals surface area contributed by atoms with Gasteiger partial charge in [0.05, 0.1) is 10.4 Å². The molecule has 0 N–H and O–H groups in total. The SMILES string of the molecule is Fc1c(Cl)cccc1CC1CCc2ccccc2C1Cl. The lowest BCUT2D eigenvalue weighted by atomic mass is 9.80. The first-order valence-electron chi connectivity index (χ1n) is 6.81. The fourth-order valence-electron chi connectivity index (χ4n) is 2.97. The second-order valence-electron chi connectivity index (χ2n) is 5.32. The quantitative estimate of drug-likeness (QED) is 0.637. The van der Waals surface area contributed by atoms with Crippen LogP contribution in [0.1, 0.15) is 28.5 Å². The number of aryl methyl sites for hydroxylation is 1. The molecule has 0 radical (unpaired) electrons. The third-order valence-corrected chi connectivity index (χ3v) is 4.95. The maximum Gasteiger partial charge on any atom is 0.144 e. The Morgan fingerprint density at radius 3 is 2.75 bits per heavy atom. The zero-order valence-electron chi connectivity index (χ0n) is 11.0. The van der Waals surface area contributed by atoms with Crippen LogP contribution < -0.4 is 0 Å². The Hall–Kier alpha value is -1.05. The number of halogens is 3. The van der Waals surface area contributed by atoms with Gasteiger partial charge in [0.25, 0.3) is 0 Å².